The van der Waals surface area contributed by atoms with Gasteiger partial charge in [0.1, 0.15) is 16.4 Å². The average molecular weight is 440 g/mol. The fourth-order valence-electron chi connectivity index (χ4n) is 3.39. The molecule has 2 amide bonds. The van der Waals surface area contributed by atoms with Gasteiger partial charge in [0.05, 0.1) is 4.92 Å². The second-order valence-electron chi connectivity index (χ2n) is 7.14. The molecule has 1 aliphatic heterocycles. The number of rotatable bonds is 5. The maximum absolute atomic E-state index is 12.8. The van der Waals surface area contributed by atoms with E-state index in [2.05, 4.69) is 20.2 Å². The fourth-order valence-corrected chi connectivity index (χ4v) is 4.35. The van der Waals surface area contributed by atoms with Crippen LogP contribution in [0.25, 0.3) is 10.3 Å². The van der Waals surface area contributed by atoms with E-state index in [0.717, 1.165) is 15.5 Å². The fraction of sp³-hybridized carbons (Fsp3) is 0.300. The van der Waals surface area contributed by atoms with E-state index in [-0.39, 0.29) is 17.2 Å². The average Bonchev–Trinajstić information content (AvgIpc) is 3.23. The molecule has 1 unspecified atom stereocenters. The van der Waals surface area contributed by atoms with Gasteiger partial charge in [0, 0.05) is 50.1 Å². The van der Waals surface area contributed by atoms with Crippen LogP contribution in [-0.2, 0) is 4.79 Å². The normalized spacial score (nSPS) is 15.0. The Hall–Kier alpha value is -3.60. The number of anilines is 1. The van der Waals surface area contributed by atoms with Gasteiger partial charge in [-0.3, -0.25) is 19.7 Å². The van der Waals surface area contributed by atoms with Crippen molar-refractivity contribution in [2.24, 2.45) is 0 Å². The van der Waals surface area contributed by atoms with Gasteiger partial charge in [-0.05, 0) is 25.1 Å². The predicted molar refractivity (Wildman–Crippen MR) is 116 cm³/mol. The molecular weight excluding hydrogens is 420 g/mol. The Labute approximate surface area is 181 Å². The van der Waals surface area contributed by atoms with Crippen LogP contribution in [0.3, 0.4) is 0 Å². The van der Waals surface area contributed by atoms with Gasteiger partial charge in [0.15, 0.2) is 5.13 Å². The molecular formula is C20H20N6O4S. The quantitative estimate of drug-likeness (QED) is 0.476. The third-order valence-corrected chi connectivity index (χ3v) is 6.09. The largest absolute Gasteiger partial charge is 0.344 e. The van der Waals surface area contributed by atoms with E-state index in [1.807, 2.05) is 12.1 Å². The highest BCUT2D eigenvalue weighted by Crippen LogP contribution is 2.27. The van der Waals surface area contributed by atoms with Gasteiger partial charge in [-0.25, -0.2) is 9.97 Å². The first kappa shape index (κ1) is 20.7. The zero-order chi connectivity index (χ0) is 22.0. The number of hydrogen-bond acceptors (Lipinski definition) is 8. The van der Waals surface area contributed by atoms with Gasteiger partial charge in [0.25, 0.3) is 11.6 Å². The van der Waals surface area contributed by atoms with E-state index in [9.17, 15) is 19.7 Å². The SMILES string of the molecule is CC(NC(=O)c1cccc([N+](=O)[O-])c1)C(=O)N1CCN(c2nc3cccnc3s2)CC1. The first-order valence-corrected chi connectivity index (χ1v) is 10.5. The highest BCUT2D eigenvalue weighted by atomic mass is 32.1. The Balaban J connectivity index is 1.34. The first-order chi connectivity index (χ1) is 14.9. The van der Waals surface area contributed by atoms with Gasteiger partial charge in [-0.1, -0.05) is 17.4 Å². The van der Waals surface area contributed by atoms with Gasteiger partial charge in [0.2, 0.25) is 5.91 Å². The highest BCUT2D eigenvalue weighted by Gasteiger charge is 2.27. The Morgan fingerprint density at radius 2 is 1.97 bits per heavy atom. The first-order valence-electron chi connectivity index (χ1n) is 9.73. The summed E-state index contributed by atoms with van der Waals surface area (Å²) in [6, 6.07) is 8.45. The molecule has 31 heavy (non-hydrogen) atoms. The summed E-state index contributed by atoms with van der Waals surface area (Å²) in [6.07, 6.45) is 1.74. The second-order valence-corrected chi connectivity index (χ2v) is 8.10. The molecule has 0 radical (unpaired) electrons. The molecule has 0 spiro atoms. The molecule has 4 rings (SSSR count). The predicted octanol–water partition coefficient (Wildman–Crippen LogP) is 2.07. The number of thiazole rings is 1. The summed E-state index contributed by atoms with van der Waals surface area (Å²) in [4.78, 5) is 49.2. The minimum absolute atomic E-state index is 0.142. The lowest BCUT2D eigenvalue weighted by molar-refractivity contribution is -0.384. The number of non-ortho nitro benzene ring substituents is 1. The van der Waals surface area contributed by atoms with Crippen LogP contribution in [0.15, 0.2) is 42.6 Å². The van der Waals surface area contributed by atoms with Gasteiger partial charge >= 0.3 is 0 Å². The van der Waals surface area contributed by atoms with Crippen LogP contribution in [0.5, 0.6) is 0 Å². The molecule has 0 bridgehead atoms. The molecule has 3 aromatic rings. The minimum Gasteiger partial charge on any atom is -0.344 e. The van der Waals surface area contributed by atoms with E-state index in [1.54, 1.807) is 18.0 Å². The maximum atomic E-state index is 12.8. The lowest BCUT2D eigenvalue weighted by atomic mass is 10.1. The van der Waals surface area contributed by atoms with Gasteiger partial charge < -0.3 is 15.1 Å². The third kappa shape index (κ3) is 4.45. The van der Waals surface area contributed by atoms with E-state index >= 15 is 0 Å². The minimum atomic E-state index is -0.745. The monoisotopic (exact) mass is 440 g/mol. The zero-order valence-corrected chi connectivity index (χ0v) is 17.5. The second kappa shape index (κ2) is 8.64. The Kier molecular flexibility index (Phi) is 5.76. The molecule has 1 fully saturated rings. The number of nitrogens with one attached hydrogen (secondary N) is 1. The molecule has 10 nitrogen and oxygen atoms in total. The maximum Gasteiger partial charge on any atom is 0.270 e. The molecule has 1 N–H and O–H groups in total. The number of nitrogens with zero attached hydrogens (tertiary/aromatic N) is 5. The van der Waals surface area contributed by atoms with Crippen LogP contribution in [0.2, 0.25) is 0 Å². The number of fused-ring (bicyclic) bond motifs is 1. The van der Waals surface area contributed by atoms with Crippen molar-refractivity contribution in [2.75, 3.05) is 31.1 Å². The topological polar surface area (TPSA) is 122 Å². The van der Waals surface area contributed by atoms with Crippen molar-refractivity contribution < 1.29 is 14.5 Å². The zero-order valence-electron chi connectivity index (χ0n) is 16.7. The Morgan fingerprint density at radius 3 is 2.68 bits per heavy atom. The summed E-state index contributed by atoms with van der Waals surface area (Å²) in [5.41, 5.74) is 0.828. The number of carbonyl (C=O) groups excluding carboxylic acids is 2. The van der Waals surface area contributed by atoms with Crippen molar-refractivity contribution in [2.45, 2.75) is 13.0 Å². The highest BCUT2D eigenvalue weighted by molar-refractivity contribution is 7.21. The van der Waals surface area contributed by atoms with E-state index < -0.39 is 16.9 Å². The number of nitro benzene ring substituents is 1. The standard InChI is InChI=1S/C20H20N6O4S/c1-13(22-17(27)14-4-2-5-15(12-14)26(29)30)19(28)24-8-10-25(11-9-24)20-23-16-6-3-7-21-18(16)31-20/h2-7,12-13H,8-11H2,1H3,(H,22,27). The lowest BCUT2D eigenvalue weighted by Gasteiger charge is -2.35. The molecule has 0 aliphatic carbocycles. The molecule has 0 saturated carbocycles. The van der Waals surface area contributed by atoms with Gasteiger partial charge in [-0.15, -0.1) is 0 Å². The van der Waals surface area contributed by atoms with E-state index in [0.29, 0.717) is 26.2 Å². The smallest absolute Gasteiger partial charge is 0.270 e. The van der Waals surface area contributed by atoms with Crippen LogP contribution >= 0.6 is 11.3 Å². The Bertz CT molecular complexity index is 1110. The van der Waals surface area contributed by atoms with Crippen molar-refractivity contribution in [3.8, 4) is 0 Å². The van der Waals surface area contributed by atoms with Crippen molar-refractivity contribution in [3.05, 3.63) is 58.3 Å². The molecule has 1 saturated heterocycles. The molecule has 1 atom stereocenters. The summed E-state index contributed by atoms with van der Waals surface area (Å²) in [5, 5.41) is 14.4. The Morgan fingerprint density at radius 1 is 1.19 bits per heavy atom. The molecule has 11 heteroatoms. The number of piperazine rings is 1. The van der Waals surface area contributed by atoms with Crippen LogP contribution in [0.1, 0.15) is 17.3 Å². The molecule has 1 aromatic carbocycles. The van der Waals surface area contributed by atoms with E-state index in [4.69, 9.17) is 0 Å². The number of hydrogen-bond donors (Lipinski definition) is 1. The summed E-state index contributed by atoms with van der Waals surface area (Å²) in [5.74, 6) is -0.713. The molecule has 1 aliphatic rings. The molecule has 2 aromatic heterocycles. The van der Waals surface area contributed by atoms with Crippen molar-refractivity contribution in [1.29, 1.82) is 0 Å². The van der Waals surface area contributed by atoms with Crippen LogP contribution in [0.4, 0.5) is 10.8 Å². The number of benzene rings is 1. The van der Waals surface area contributed by atoms with Gasteiger partial charge in [-0.2, -0.15) is 0 Å². The van der Waals surface area contributed by atoms with Crippen LogP contribution < -0.4 is 10.2 Å². The third-order valence-electron chi connectivity index (χ3n) is 5.05. The van der Waals surface area contributed by atoms with Crippen molar-refractivity contribution in [3.63, 3.8) is 0 Å². The lowest BCUT2D eigenvalue weighted by Crippen LogP contribution is -2.54. The number of carbonyl (C=O) groups is 2. The summed E-state index contributed by atoms with van der Waals surface area (Å²) >= 11 is 1.52. The summed E-state index contributed by atoms with van der Waals surface area (Å²) in [6.45, 7) is 3.91. The number of pyridine rings is 1. The number of nitro groups is 1. The molecule has 3 heterocycles. The van der Waals surface area contributed by atoms with Crippen molar-refractivity contribution in [1.82, 2.24) is 20.2 Å². The van der Waals surface area contributed by atoms with Crippen molar-refractivity contribution >= 4 is 44.3 Å². The molecule has 160 valence electrons. The number of aromatic nitrogens is 2. The number of amides is 2. The van der Waals surface area contributed by atoms with E-state index in [1.165, 1.54) is 35.6 Å². The van der Waals surface area contributed by atoms with Crippen LogP contribution in [-0.4, -0.2) is 63.8 Å². The summed E-state index contributed by atoms with van der Waals surface area (Å²) < 4.78 is 0. The van der Waals surface area contributed by atoms with Crippen LogP contribution in [0, 0.1) is 10.1 Å². The summed E-state index contributed by atoms with van der Waals surface area (Å²) in [7, 11) is 0.